The summed E-state index contributed by atoms with van der Waals surface area (Å²) in [7, 11) is 0. The summed E-state index contributed by atoms with van der Waals surface area (Å²) in [6, 6.07) is 7.89. The summed E-state index contributed by atoms with van der Waals surface area (Å²) in [5.74, 6) is 0.189. The fourth-order valence-corrected chi connectivity index (χ4v) is 2.24. The van der Waals surface area contributed by atoms with Crippen molar-refractivity contribution in [3.63, 3.8) is 0 Å². The lowest BCUT2D eigenvalue weighted by Gasteiger charge is -2.33. The molecule has 2 rings (SSSR count). The molecule has 0 radical (unpaired) electrons. The molecule has 18 heavy (non-hydrogen) atoms. The zero-order valence-electron chi connectivity index (χ0n) is 10.8. The molecule has 1 aliphatic rings. The standard InChI is InChI=1S/C14H20N2O2/c1-11-10-18-9-8-16(11)14(17)7-6-12-4-2-3-5-13(12)15/h2-5,11H,6-10,15H2,1H3/t11-/m1/s1. The minimum Gasteiger partial charge on any atom is -0.399 e. The second kappa shape index (κ2) is 5.87. The van der Waals surface area contributed by atoms with E-state index in [1.807, 2.05) is 36.1 Å². The average molecular weight is 248 g/mol. The maximum atomic E-state index is 12.1. The molecule has 98 valence electrons. The molecule has 0 aliphatic carbocycles. The van der Waals surface area contributed by atoms with E-state index < -0.39 is 0 Å². The minimum absolute atomic E-state index is 0.180. The quantitative estimate of drug-likeness (QED) is 0.824. The molecule has 0 unspecified atom stereocenters. The highest BCUT2D eigenvalue weighted by Crippen LogP contribution is 2.15. The molecule has 4 heteroatoms. The first kappa shape index (κ1) is 12.9. The van der Waals surface area contributed by atoms with Crippen LogP contribution in [0, 0.1) is 0 Å². The fourth-order valence-electron chi connectivity index (χ4n) is 2.24. The smallest absolute Gasteiger partial charge is 0.223 e. The van der Waals surface area contributed by atoms with E-state index in [0.717, 1.165) is 11.3 Å². The topological polar surface area (TPSA) is 55.6 Å². The van der Waals surface area contributed by atoms with E-state index >= 15 is 0 Å². The second-order valence-corrected chi connectivity index (χ2v) is 4.71. The van der Waals surface area contributed by atoms with Crippen LogP contribution in [0.2, 0.25) is 0 Å². The van der Waals surface area contributed by atoms with Crippen LogP contribution >= 0.6 is 0 Å². The SMILES string of the molecule is C[C@@H]1COCCN1C(=O)CCc1ccccc1N. The molecular formula is C14H20N2O2. The van der Waals surface area contributed by atoms with Crippen LogP contribution in [0.5, 0.6) is 0 Å². The van der Waals surface area contributed by atoms with Crippen molar-refractivity contribution >= 4 is 11.6 Å². The third-order valence-corrected chi connectivity index (χ3v) is 3.35. The highest BCUT2D eigenvalue weighted by Gasteiger charge is 2.23. The molecule has 1 aliphatic heterocycles. The van der Waals surface area contributed by atoms with Crippen molar-refractivity contribution in [3.8, 4) is 0 Å². The number of benzene rings is 1. The number of nitrogens with zero attached hydrogens (tertiary/aromatic N) is 1. The number of rotatable bonds is 3. The molecule has 1 aromatic rings. The van der Waals surface area contributed by atoms with Crippen LogP contribution in [-0.4, -0.2) is 36.6 Å². The molecule has 1 fully saturated rings. The van der Waals surface area contributed by atoms with E-state index in [0.29, 0.717) is 32.6 Å². The number of amides is 1. The summed E-state index contributed by atoms with van der Waals surface area (Å²) in [6.07, 6.45) is 1.22. The largest absolute Gasteiger partial charge is 0.399 e. The third kappa shape index (κ3) is 3.01. The molecule has 0 spiro atoms. The summed E-state index contributed by atoms with van der Waals surface area (Å²) < 4.78 is 5.33. The first-order valence-electron chi connectivity index (χ1n) is 6.39. The van der Waals surface area contributed by atoms with E-state index in [-0.39, 0.29) is 11.9 Å². The highest BCUT2D eigenvalue weighted by atomic mass is 16.5. The predicted molar refractivity (Wildman–Crippen MR) is 71.2 cm³/mol. The van der Waals surface area contributed by atoms with Crippen molar-refractivity contribution in [2.75, 3.05) is 25.5 Å². The molecule has 1 atom stereocenters. The van der Waals surface area contributed by atoms with Crippen molar-refractivity contribution < 1.29 is 9.53 Å². The molecule has 0 aromatic heterocycles. The number of ether oxygens (including phenoxy) is 1. The van der Waals surface area contributed by atoms with Gasteiger partial charge in [0, 0.05) is 18.7 Å². The second-order valence-electron chi connectivity index (χ2n) is 4.71. The number of hydrogen-bond acceptors (Lipinski definition) is 3. The lowest BCUT2D eigenvalue weighted by molar-refractivity contribution is -0.139. The van der Waals surface area contributed by atoms with Crippen molar-refractivity contribution in [1.82, 2.24) is 4.90 Å². The van der Waals surface area contributed by atoms with Crippen LogP contribution in [0.4, 0.5) is 5.69 Å². The molecular weight excluding hydrogens is 228 g/mol. The number of aryl methyl sites for hydroxylation is 1. The molecule has 1 heterocycles. The number of anilines is 1. The number of hydrogen-bond donors (Lipinski definition) is 1. The Morgan fingerprint density at radius 1 is 1.50 bits per heavy atom. The van der Waals surface area contributed by atoms with E-state index in [9.17, 15) is 4.79 Å². The Morgan fingerprint density at radius 3 is 3.00 bits per heavy atom. The zero-order valence-corrected chi connectivity index (χ0v) is 10.8. The van der Waals surface area contributed by atoms with Gasteiger partial charge in [0.2, 0.25) is 5.91 Å². The van der Waals surface area contributed by atoms with Gasteiger partial charge in [-0.2, -0.15) is 0 Å². The normalized spacial score (nSPS) is 19.8. The van der Waals surface area contributed by atoms with Crippen molar-refractivity contribution in [2.45, 2.75) is 25.8 Å². The van der Waals surface area contributed by atoms with Gasteiger partial charge in [0.15, 0.2) is 0 Å². The highest BCUT2D eigenvalue weighted by molar-refractivity contribution is 5.77. The number of morpholine rings is 1. The number of nitrogens with two attached hydrogens (primary N) is 1. The first-order valence-corrected chi connectivity index (χ1v) is 6.39. The van der Waals surface area contributed by atoms with Gasteiger partial charge in [0.05, 0.1) is 19.3 Å². The van der Waals surface area contributed by atoms with Crippen LogP contribution in [0.15, 0.2) is 24.3 Å². The van der Waals surface area contributed by atoms with Gasteiger partial charge in [-0.05, 0) is 25.0 Å². The zero-order chi connectivity index (χ0) is 13.0. The lowest BCUT2D eigenvalue weighted by atomic mass is 10.1. The maximum Gasteiger partial charge on any atom is 0.223 e. The van der Waals surface area contributed by atoms with Crippen LogP contribution in [0.25, 0.3) is 0 Å². The molecule has 1 amide bonds. The fraction of sp³-hybridized carbons (Fsp3) is 0.500. The summed E-state index contributed by atoms with van der Waals surface area (Å²) in [4.78, 5) is 14.0. The Morgan fingerprint density at radius 2 is 2.28 bits per heavy atom. The van der Waals surface area contributed by atoms with Gasteiger partial charge in [-0.15, -0.1) is 0 Å². The van der Waals surface area contributed by atoms with Gasteiger partial charge in [-0.25, -0.2) is 0 Å². The molecule has 2 N–H and O–H groups in total. The van der Waals surface area contributed by atoms with Gasteiger partial charge in [-0.1, -0.05) is 18.2 Å². The third-order valence-electron chi connectivity index (χ3n) is 3.35. The Hall–Kier alpha value is -1.55. The lowest BCUT2D eigenvalue weighted by Crippen LogP contribution is -2.47. The van der Waals surface area contributed by atoms with Crippen LogP contribution in [0.1, 0.15) is 18.9 Å². The van der Waals surface area contributed by atoms with Crippen molar-refractivity contribution in [3.05, 3.63) is 29.8 Å². The molecule has 0 bridgehead atoms. The van der Waals surface area contributed by atoms with Gasteiger partial charge >= 0.3 is 0 Å². The first-order chi connectivity index (χ1) is 8.68. The van der Waals surface area contributed by atoms with E-state index in [1.54, 1.807) is 0 Å². The van der Waals surface area contributed by atoms with Gasteiger partial charge < -0.3 is 15.4 Å². The molecule has 1 aromatic carbocycles. The van der Waals surface area contributed by atoms with Crippen LogP contribution in [0.3, 0.4) is 0 Å². The number of carbonyl (C=O) groups excluding carboxylic acids is 1. The molecule has 4 nitrogen and oxygen atoms in total. The van der Waals surface area contributed by atoms with Crippen molar-refractivity contribution in [1.29, 1.82) is 0 Å². The number of nitrogen functional groups attached to an aromatic ring is 1. The Kier molecular flexibility index (Phi) is 4.20. The molecule has 1 saturated heterocycles. The number of carbonyl (C=O) groups is 1. The van der Waals surface area contributed by atoms with Gasteiger partial charge in [0.1, 0.15) is 0 Å². The van der Waals surface area contributed by atoms with Crippen molar-refractivity contribution in [2.24, 2.45) is 0 Å². The summed E-state index contributed by atoms with van der Waals surface area (Å²) >= 11 is 0. The monoisotopic (exact) mass is 248 g/mol. The predicted octanol–water partition coefficient (Wildman–Crippen LogP) is 1.45. The average Bonchev–Trinajstić information content (AvgIpc) is 2.38. The maximum absolute atomic E-state index is 12.1. The summed E-state index contributed by atoms with van der Waals surface area (Å²) in [5.41, 5.74) is 7.68. The van der Waals surface area contributed by atoms with E-state index in [2.05, 4.69) is 0 Å². The summed E-state index contributed by atoms with van der Waals surface area (Å²) in [5, 5.41) is 0. The number of para-hydroxylation sites is 1. The molecule has 0 saturated carbocycles. The van der Waals surface area contributed by atoms with Crippen LogP contribution in [-0.2, 0) is 16.0 Å². The van der Waals surface area contributed by atoms with Crippen LogP contribution < -0.4 is 5.73 Å². The van der Waals surface area contributed by atoms with Gasteiger partial charge in [-0.3, -0.25) is 4.79 Å². The van der Waals surface area contributed by atoms with E-state index in [1.165, 1.54) is 0 Å². The Labute approximate surface area is 108 Å². The Balaban J connectivity index is 1.90. The Bertz CT molecular complexity index is 420. The minimum atomic E-state index is 0.180. The summed E-state index contributed by atoms with van der Waals surface area (Å²) in [6.45, 7) is 4.00. The van der Waals surface area contributed by atoms with Gasteiger partial charge in [0.25, 0.3) is 0 Å². The van der Waals surface area contributed by atoms with E-state index in [4.69, 9.17) is 10.5 Å².